The molecule has 2 aromatic heterocycles. The molecular formula is C22H33N7O3. The molecular weight excluding hydrogens is 410 g/mol. The number of nitrogens with one attached hydrogen (secondary N) is 3. The predicted octanol–water partition coefficient (Wildman–Crippen LogP) is 3.33. The molecule has 1 saturated heterocycles. The third-order valence-electron chi connectivity index (χ3n) is 5.59. The Bertz CT molecular complexity index is 905. The number of hydrogen-bond acceptors (Lipinski definition) is 8. The van der Waals surface area contributed by atoms with Gasteiger partial charge in [0.2, 0.25) is 5.95 Å². The van der Waals surface area contributed by atoms with E-state index >= 15 is 0 Å². The lowest BCUT2D eigenvalue weighted by molar-refractivity contribution is 0.0280. The summed E-state index contributed by atoms with van der Waals surface area (Å²) < 4.78 is 11.1. The zero-order valence-electron chi connectivity index (χ0n) is 19.1. The van der Waals surface area contributed by atoms with E-state index in [1.54, 1.807) is 6.20 Å². The summed E-state index contributed by atoms with van der Waals surface area (Å²) in [6.45, 7) is 7.66. The Morgan fingerprint density at radius 1 is 1.31 bits per heavy atom. The van der Waals surface area contributed by atoms with Crippen molar-refractivity contribution < 1.29 is 14.3 Å². The van der Waals surface area contributed by atoms with E-state index in [4.69, 9.17) is 9.47 Å². The third kappa shape index (κ3) is 6.09. The van der Waals surface area contributed by atoms with Crippen LogP contribution in [0.3, 0.4) is 0 Å². The van der Waals surface area contributed by atoms with Gasteiger partial charge < -0.3 is 25.0 Å². The van der Waals surface area contributed by atoms with Crippen molar-refractivity contribution in [1.82, 2.24) is 25.5 Å². The quantitative estimate of drug-likeness (QED) is 0.622. The molecule has 4 rings (SSSR count). The maximum absolute atomic E-state index is 11.9. The maximum Gasteiger partial charge on any atom is 0.407 e. The Morgan fingerprint density at radius 3 is 2.91 bits per heavy atom. The molecule has 10 heteroatoms. The first-order valence-electron chi connectivity index (χ1n) is 11.3. The highest BCUT2D eigenvalue weighted by Crippen LogP contribution is 2.34. The van der Waals surface area contributed by atoms with E-state index in [2.05, 4.69) is 41.8 Å². The van der Waals surface area contributed by atoms with Crippen LogP contribution in [0.25, 0.3) is 0 Å². The highest BCUT2D eigenvalue weighted by molar-refractivity contribution is 5.67. The minimum absolute atomic E-state index is 0.170. The molecule has 0 spiro atoms. The van der Waals surface area contributed by atoms with Crippen LogP contribution in [0.15, 0.2) is 18.3 Å². The molecule has 2 fully saturated rings. The standard InChI is InChI=1S/C22H33N7O3/c1-22(2,3)32-21(30)24-13-16-14-29(10-11-31-16)20-23-9-8-18(26-20)25-19-12-17(27-28-19)15-6-4-5-7-15/h8-9,12,15-16H,4-7,10-11,13-14H2,1-3H3,(H,24,30)(H2,23,25,26,27,28)/t16-/m1/s1. The molecule has 3 heterocycles. The van der Waals surface area contributed by atoms with Crippen LogP contribution >= 0.6 is 0 Å². The number of alkyl carbamates (subject to hydrolysis) is 1. The molecule has 3 N–H and O–H groups in total. The van der Waals surface area contributed by atoms with Gasteiger partial charge in [0.25, 0.3) is 0 Å². The first-order valence-corrected chi connectivity index (χ1v) is 11.3. The minimum atomic E-state index is -0.531. The zero-order chi connectivity index (χ0) is 22.6. The van der Waals surface area contributed by atoms with Crippen molar-refractivity contribution in [3.05, 3.63) is 24.0 Å². The second-order valence-corrected chi connectivity index (χ2v) is 9.38. The highest BCUT2D eigenvalue weighted by atomic mass is 16.6. The molecule has 0 bridgehead atoms. The molecule has 1 amide bonds. The number of H-pyrrole nitrogens is 1. The zero-order valence-corrected chi connectivity index (χ0v) is 19.1. The van der Waals surface area contributed by atoms with Crippen LogP contribution in [0.2, 0.25) is 0 Å². The lowest BCUT2D eigenvalue weighted by Crippen LogP contribution is -2.48. The molecule has 1 saturated carbocycles. The van der Waals surface area contributed by atoms with Crippen molar-refractivity contribution in [3.63, 3.8) is 0 Å². The van der Waals surface area contributed by atoms with Gasteiger partial charge in [-0.15, -0.1) is 0 Å². The summed E-state index contributed by atoms with van der Waals surface area (Å²) >= 11 is 0. The van der Waals surface area contributed by atoms with Gasteiger partial charge in [-0.05, 0) is 39.7 Å². The minimum Gasteiger partial charge on any atom is -0.444 e. The number of anilines is 3. The summed E-state index contributed by atoms with van der Waals surface area (Å²) in [7, 11) is 0. The van der Waals surface area contributed by atoms with Crippen LogP contribution in [0.4, 0.5) is 22.4 Å². The van der Waals surface area contributed by atoms with E-state index in [0.29, 0.717) is 43.9 Å². The Kier molecular flexibility index (Phi) is 6.78. The molecule has 0 unspecified atom stereocenters. The van der Waals surface area contributed by atoms with E-state index in [1.165, 1.54) is 31.4 Å². The highest BCUT2D eigenvalue weighted by Gasteiger charge is 2.24. The van der Waals surface area contributed by atoms with Gasteiger partial charge in [0.1, 0.15) is 11.4 Å². The number of ether oxygens (including phenoxy) is 2. The number of aromatic nitrogens is 4. The van der Waals surface area contributed by atoms with Gasteiger partial charge >= 0.3 is 6.09 Å². The van der Waals surface area contributed by atoms with Gasteiger partial charge in [-0.25, -0.2) is 9.78 Å². The van der Waals surface area contributed by atoms with Gasteiger partial charge in [0, 0.05) is 43.5 Å². The van der Waals surface area contributed by atoms with Gasteiger partial charge in [-0.3, -0.25) is 5.10 Å². The number of carbonyl (C=O) groups excluding carboxylic acids is 1. The molecule has 32 heavy (non-hydrogen) atoms. The van der Waals surface area contributed by atoms with Crippen molar-refractivity contribution in [3.8, 4) is 0 Å². The fraction of sp³-hybridized carbons (Fsp3) is 0.636. The molecule has 1 aliphatic carbocycles. The molecule has 10 nitrogen and oxygen atoms in total. The SMILES string of the molecule is CC(C)(C)OC(=O)NC[C@@H]1CN(c2nccc(Nc3cc(C4CCCC4)[nH]n3)n2)CCO1. The molecule has 2 aliphatic rings. The Morgan fingerprint density at radius 2 is 2.12 bits per heavy atom. The van der Waals surface area contributed by atoms with E-state index in [9.17, 15) is 4.79 Å². The van der Waals surface area contributed by atoms with Crippen LogP contribution in [0.5, 0.6) is 0 Å². The van der Waals surface area contributed by atoms with Crippen molar-refractivity contribution >= 4 is 23.7 Å². The van der Waals surface area contributed by atoms with Crippen molar-refractivity contribution in [2.24, 2.45) is 0 Å². The van der Waals surface area contributed by atoms with Gasteiger partial charge in [-0.2, -0.15) is 10.1 Å². The number of morpholine rings is 1. The maximum atomic E-state index is 11.9. The number of carbonyl (C=O) groups is 1. The number of hydrogen-bond donors (Lipinski definition) is 3. The number of nitrogens with zero attached hydrogens (tertiary/aromatic N) is 4. The molecule has 2 aromatic rings. The Balaban J connectivity index is 1.33. The number of amides is 1. The summed E-state index contributed by atoms with van der Waals surface area (Å²) in [6, 6.07) is 3.90. The van der Waals surface area contributed by atoms with Crippen molar-refractivity contribution in [2.75, 3.05) is 36.5 Å². The second kappa shape index (κ2) is 9.72. The lowest BCUT2D eigenvalue weighted by atomic mass is 10.0. The molecule has 1 atom stereocenters. The van der Waals surface area contributed by atoms with E-state index < -0.39 is 11.7 Å². The Labute approximate surface area is 188 Å². The first-order chi connectivity index (χ1) is 15.4. The van der Waals surface area contributed by atoms with Gasteiger partial charge in [0.05, 0.1) is 12.7 Å². The van der Waals surface area contributed by atoms with Crippen molar-refractivity contribution in [1.29, 1.82) is 0 Å². The summed E-state index contributed by atoms with van der Waals surface area (Å²) in [5.41, 5.74) is 0.657. The fourth-order valence-corrected chi connectivity index (χ4v) is 4.08. The molecule has 174 valence electrons. The van der Waals surface area contributed by atoms with Crippen LogP contribution < -0.4 is 15.5 Å². The summed E-state index contributed by atoms with van der Waals surface area (Å²) in [6.07, 6.45) is 6.14. The first kappa shape index (κ1) is 22.3. The summed E-state index contributed by atoms with van der Waals surface area (Å²) in [5, 5.41) is 13.6. The number of aromatic amines is 1. The van der Waals surface area contributed by atoms with Crippen LogP contribution in [-0.4, -0.2) is 64.2 Å². The Hall–Kier alpha value is -2.88. The van der Waals surface area contributed by atoms with Crippen LogP contribution in [0.1, 0.15) is 58.1 Å². The number of rotatable bonds is 6. The summed E-state index contributed by atoms with van der Waals surface area (Å²) in [4.78, 5) is 23.1. The molecule has 0 aromatic carbocycles. The lowest BCUT2D eigenvalue weighted by Gasteiger charge is -2.33. The van der Waals surface area contributed by atoms with Crippen LogP contribution in [0, 0.1) is 0 Å². The predicted molar refractivity (Wildman–Crippen MR) is 121 cm³/mol. The average molecular weight is 444 g/mol. The fourth-order valence-electron chi connectivity index (χ4n) is 4.08. The van der Waals surface area contributed by atoms with Gasteiger partial charge in [0.15, 0.2) is 5.82 Å². The normalized spacial score (nSPS) is 19.7. The smallest absolute Gasteiger partial charge is 0.407 e. The topological polar surface area (TPSA) is 117 Å². The average Bonchev–Trinajstić information content (AvgIpc) is 3.43. The van der Waals surface area contributed by atoms with E-state index in [1.807, 2.05) is 26.8 Å². The summed E-state index contributed by atoms with van der Waals surface area (Å²) in [5.74, 6) is 2.65. The second-order valence-electron chi connectivity index (χ2n) is 9.38. The van der Waals surface area contributed by atoms with E-state index in [0.717, 1.165) is 5.82 Å². The third-order valence-corrected chi connectivity index (χ3v) is 5.59. The monoisotopic (exact) mass is 443 g/mol. The molecule has 1 aliphatic heterocycles. The van der Waals surface area contributed by atoms with Crippen LogP contribution in [-0.2, 0) is 9.47 Å². The van der Waals surface area contributed by atoms with E-state index in [-0.39, 0.29) is 6.10 Å². The molecule has 0 radical (unpaired) electrons. The van der Waals surface area contributed by atoms with Crippen molar-refractivity contribution in [2.45, 2.75) is 64.1 Å². The van der Waals surface area contributed by atoms with Gasteiger partial charge in [-0.1, -0.05) is 12.8 Å². The largest absolute Gasteiger partial charge is 0.444 e.